The molecular weight excluding hydrogens is 436 g/mol. The molecule has 0 amide bonds. The lowest BCUT2D eigenvalue weighted by molar-refractivity contribution is -0.157. The molecule has 3 rings (SSSR count). The van der Waals surface area contributed by atoms with Gasteiger partial charge in [0.25, 0.3) is 0 Å². The van der Waals surface area contributed by atoms with E-state index in [2.05, 4.69) is 5.92 Å². The fourth-order valence-electron chi connectivity index (χ4n) is 3.89. The summed E-state index contributed by atoms with van der Waals surface area (Å²) in [5.41, 5.74) is 0.617. The van der Waals surface area contributed by atoms with Gasteiger partial charge in [-0.15, -0.1) is 6.42 Å². The molecule has 1 aliphatic heterocycles. The molecule has 4 atom stereocenters. The van der Waals surface area contributed by atoms with Gasteiger partial charge in [0.05, 0.1) is 26.4 Å². The van der Waals surface area contributed by atoms with Crippen molar-refractivity contribution < 1.29 is 33.3 Å². The molecule has 7 nitrogen and oxygen atoms in total. The molecule has 0 saturated carbocycles. The van der Waals surface area contributed by atoms with E-state index in [0.29, 0.717) is 6.61 Å². The molecule has 2 aromatic rings. The first-order valence-corrected chi connectivity index (χ1v) is 11.2. The number of hydrogen-bond acceptors (Lipinski definition) is 7. The summed E-state index contributed by atoms with van der Waals surface area (Å²) in [5.74, 6) is 1.81. The van der Waals surface area contributed by atoms with Gasteiger partial charge in [-0.2, -0.15) is 0 Å². The highest BCUT2D eigenvalue weighted by Gasteiger charge is 2.57. The molecule has 7 heteroatoms. The van der Waals surface area contributed by atoms with E-state index in [-0.39, 0.29) is 26.2 Å². The Morgan fingerprint density at radius 1 is 0.971 bits per heavy atom. The van der Waals surface area contributed by atoms with Gasteiger partial charge in [0.2, 0.25) is 0 Å². The van der Waals surface area contributed by atoms with Gasteiger partial charge in [-0.05, 0) is 11.1 Å². The highest BCUT2D eigenvalue weighted by atomic mass is 16.6. The van der Waals surface area contributed by atoms with Gasteiger partial charge in [-0.3, -0.25) is 9.59 Å². The summed E-state index contributed by atoms with van der Waals surface area (Å²) in [6.45, 7) is 3.34. The lowest BCUT2D eigenvalue weighted by atomic mass is 9.94. The van der Waals surface area contributed by atoms with Crippen molar-refractivity contribution in [2.24, 2.45) is 0 Å². The van der Waals surface area contributed by atoms with E-state index in [0.717, 1.165) is 11.1 Å². The van der Waals surface area contributed by atoms with Crippen LogP contribution in [-0.2, 0) is 46.5 Å². The Morgan fingerprint density at radius 2 is 1.59 bits per heavy atom. The second kappa shape index (κ2) is 12.3. The number of terminal acetylenes is 1. The molecule has 1 heterocycles. The van der Waals surface area contributed by atoms with Crippen LogP contribution < -0.4 is 0 Å². The van der Waals surface area contributed by atoms with Gasteiger partial charge >= 0.3 is 11.9 Å². The van der Waals surface area contributed by atoms with Crippen molar-refractivity contribution in [2.45, 2.75) is 57.4 Å². The molecule has 0 N–H and O–H groups in total. The first kappa shape index (κ1) is 25.4. The molecule has 2 aromatic carbocycles. The van der Waals surface area contributed by atoms with E-state index >= 15 is 0 Å². The Balaban J connectivity index is 1.81. The molecule has 0 aliphatic carbocycles. The molecule has 0 spiro atoms. The summed E-state index contributed by atoms with van der Waals surface area (Å²) in [5, 5.41) is 0. The zero-order valence-corrected chi connectivity index (χ0v) is 19.5. The Bertz CT molecular complexity index is 969. The summed E-state index contributed by atoms with van der Waals surface area (Å²) in [6.07, 6.45) is 4.03. The fraction of sp³-hybridized carbons (Fsp3) is 0.407. The molecule has 0 bridgehead atoms. The van der Waals surface area contributed by atoms with Crippen molar-refractivity contribution in [3.63, 3.8) is 0 Å². The van der Waals surface area contributed by atoms with E-state index in [1.807, 2.05) is 60.7 Å². The van der Waals surface area contributed by atoms with Crippen molar-refractivity contribution >= 4 is 11.9 Å². The second-order valence-corrected chi connectivity index (χ2v) is 8.09. The molecule has 1 saturated heterocycles. The first-order chi connectivity index (χ1) is 16.4. The molecule has 1 fully saturated rings. The van der Waals surface area contributed by atoms with Crippen LogP contribution in [0.4, 0.5) is 0 Å². The van der Waals surface area contributed by atoms with E-state index < -0.39 is 35.9 Å². The smallest absolute Gasteiger partial charge is 0.303 e. The Hall–Kier alpha value is -3.18. The second-order valence-electron chi connectivity index (χ2n) is 8.09. The molecule has 0 radical (unpaired) electrons. The minimum atomic E-state index is -1.30. The predicted octanol–water partition coefficient (Wildman–Crippen LogP) is 3.44. The third-order valence-electron chi connectivity index (χ3n) is 5.44. The largest absolute Gasteiger partial charge is 0.466 e. The van der Waals surface area contributed by atoms with Gasteiger partial charge in [0.1, 0.15) is 12.2 Å². The van der Waals surface area contributed by atoms with Gasteiger partial charge < -0.3 is 23.7 Å². The van der Waals surface area contributed by atoms with Crippen molar-refractivity contribution in [1.82, 2.24) is 0 Å². The van der Waals surface area contributed by atoms with E-state index in [1.54, 1.807) is 0 Å². The molecule has 1 aliphatic rings. The van der Waals surface area contributed by atoms with Crippen LogP contribution in [0, 0.1) is 12.3 Å². The van der Waals surface area contributed by atoms with Crippen LogP contribution in [-0.4, -0.2) is 49.1 Å². The topological polar surface area (TPSA) is 80.3 Å². The van der Waals surface area contributed by atoms with Gasteiger partial charge in [0.15, 0.2) is 11.7 Å². The average molecular weight is 467 g/mol. The van der Waals surface area contributed by atoms with E-state index in [1.165, 1.54) is 13.8 Å². The van der Waals surface area contributed by atoms with E-state index in [9.17, 15) is 9.59 Å². The van der Waals surface area contributed by atoms with Crippen LogP contribution in [0.5, 0.6) is 0 Å². The molecule has 0 aromatic heterocycles. The van der Waals surface area contributed by atoms with Crippen LogP contribution in [0.1, 0.15) is 31.4 Å². The molecule has 180 valence electrons. The van der Waals surface area contributed by atoms with Crippen LogP contribution >= 0.6 is 0 Å². The predicted molar refractivity (Wildman–Crippen MR) is 124 cm³/mol. The Kier molecular flexibility index (Phi) is 9.23. The van der Waals surface area contributed by atoms with E-state index in [4.69, 9.17) is 30.1 Å². The molecular formula is C27H30O7. The summed E-state index contributed by atoms with van der Waals surface area (Å²) in [4.78, 5) is 23.2. The quantitative estimate of drug-likeness (QED) is 0.371. The number of hydrogen-bond donors (Lipinski definition) is 0. The van der Waals surface area contributed by atoms with Crippen LogP contribution in [0.15, 0.2) is 60.7 Å². The van der Waals surface area contributed by atoms with Crippen LogP contribution in [0.3, 0.4) is 0 Å². The summed E-state index contributed by atoms with van der Waals surface area (Å²) >= 11 is 0. The maximum atomic E-state index is 11.9. The number of ether oxygens (including phenoxy) is 5. The molecule has 34 heavy (non-hydrogen) atoms. The maximum Gasteiger partial charge on any atom is 0.303 e. The summed E-state index contributed by atoms with van der Waals surface area (Å²) in [6, 6.07) is 19.3. The average Bonchev–Trinajstić information content (AvgIpc) is 3.11. The number of esters is 2. The minimum Gasteiger partial charge on any atom is -0.466 e. The van der Waals surface area contributed by atoms with Crippen LogP contribution in [0.25, 0.3) is 0 Å². The van der Waals surface area contributed by atoms with Crippen molar-refractivity contribution in [2.75, 3.05) is 13.2 Å². The zero-order valence-electron chi connectivity index (χ0n) is 19.5. The Morgan fingerprint density at radius 3 is 2.15 bits per heavy atom. The summed E-state index contributed by atoms with van der Waals surface area (Å²) < 4.78 is 29.2. The fourth-order valence-corrected chi connectivity index (χ4v) is 3.89. The van der Waals surface area contributed by atoms with Gasteiger partial charge in [-0.25, -0.2) is 0 Å². The third kappa shape index (κ3) is 6.91. The lowest BCUT2D eigenvalue weighted by Crippen LogP contribution is -2.48. The monoisotopic (exact) mass is 466 g/mol. The van der Waals surface area contributed by atoms with Crippen molar-refractivity contribution in [3.8, 4) is 12.3 Å². The SMILES string of the molecule is C#C[C@]1(COCc2ccccc2)O[C@@H](CCOC(C)=O)C(OC(C)=O)C1OCc1ccccc1. The van der Waals surface area contributed by atoms with Gasteiger partial charge in [0, 0.05) is 20.3 Å². The number of carbonyl (C=O) groups excluding carboxylic acids is 2. The number of benzene rings is 2. The first-order valence-electron chi connectivity index (χ1n) is 11.2. The zero-order chi connectivity index (χ0) is 24.4. The van der Waals surface area contributed by atoms with Gasteiger partial charge in [-0.1, -0.05) is 66.6 Å². The number of carbonyl (C=O) groups is 2. The lowest BCUT2D eigenvalue weighted by Gasteiger charge is -2.30. The standard InChI is InChI=1S/C27H30O7/c1-4-27(19-30-17-22-11-7-5-8-12-22)26(32-18-23-13-9-6-10-14-23)25(33-21(3)29)24(34-27)15-16-31-20(2)28/h1,5-14,24-26H,15-19H2,2-3H3/t24-,25?,26?,27+/m0/s1. The highest BCUT2D eigenvalue weighted by molar-refractivity contribution is 5.66. The van der Waals surface area contributed by atoms with Crippen LogP contribution in [0.2, 0.25) is 0 Å². The van der Waals surface area contributed by atoms with Crippen molar-refractivity contribution in [3.05, 3.63) is 71.8 Å². The molecule has 2 unspecified atom stereocenters. The summed E-state index contributed by atoms with van der Waals surface area (Å²) in [7, 11) is 0. The Labute approximate surface area is 200 Å². The minimum absolute atomic E-state index is 0.0275. The maximum absolute atomic E-state index is 11.9. The van der Waals surface area contributed by atoms with Crippen molar-refractivity contribution in [1.29, 1.82) is 0 Å². The number of rotatable bonds is 11. The highest BCUT2D eigenvalue weighted by Crippen LogP contribution is 2.38. The normalized spacial score (nSPS) is 23.7. The third-order valence-corrected chi connectivity index (χ3v) is 5.44.